The number of ether oxygens (including phenoxy) is 1. The normalized spacial score (nSPS) is 16.9. The van der Waals surface area contributed by atoms with Crippen LogP contribution in [0.1, 0.15) is 46.5 Å². The quantitative estimate of drug-likeness (QED) is 0.315. The number of nitro groups is 1. The van der Waals surface area contributed by atoms with Crippen LogP contribution in [0.2, 0.25) is 0 Å². The van der Waals surface area contributed by atoms with Crippen LogP contribution in [-0.2, 0) is 11.3 Å². The monoisotopic (exact) mass is 494 g/mol. The molecule has 0 bridgehead atoms. The van der Waals surface area contributed by atoms with Gasteiger partial charge in [0.1, 0.15) is 17.4 Å². The maximum absolute atomic E-state index is 13.6. The molecule has 2 aliphatic rings. The van der Waals surface area contributed by atoms with E-state index in [0.29, 0.717) is 26.2 Å². The lowest BCUT2D eigenvalue weighted by atomic mass is 10.0. The van der Waals surface area contributed by atoms with Gasteiger partial charge in [0, 0.05) is 38.8 Å². The number of rotatable bonds is 8. The van der Waals surface area contributed by atoms with Gasteiger partial charge in [0.2, 0.25) is 5.91 Å². The molecule has 0 aliphatic carbocycles. The molecule has 0 spiro atoms. The summed E-state index contributed by atoms with van der Waals surface area (Å²) >= 11 is 0. The van der Waals surface area contributed by atoms with Gasteiger partial charge in [-0.2, -0.15) is 0 Å². The number of benzene rings is 2. The fraction of sp³-hybridized carbons (Fsp3) is 0.423. The molecule has 0 N–H and O–H groups in total. The van der Waals surface area contributed by atoms with E-state index in [4.69, 9.17) is 4.74 Å². The summed E-state index contributed by atoms with van der Waals surface area (Å²) in [6, 6.07) is 10.8. The van der Waals surface area contributed by atoms with E-state index in [0.717, 1.165) is 22.8 Å². The van der Waals surface area contributed by atoms with Crippen molar-refractivity contribution in [2.45, 2.75) is 32.9 Å². The molecule has 0 radical (unpaired) electrons. The van der Waals surface area contributed by atoms with Gasteiger partial charge in [-0.05, 0) is 36.1 Å². The van der Waals surface area contributed by atoms with Crippen molar-refractivity contribution in [3.63, 3.8) is 0 Å². The van der Waals surface area contributed by atoms with Crippen LogP contribution in [0.25, 0.3) is 0 Å². The van der Waals surface area contributed by atoms with E-state index in [2.05, 4.69) is 4.90 Å². The van der Waals surface area contributed by atoms with Gasteiger partial charge in [-0.25, -0.2) is 0 Å². The summed E-state index contributed by atoms with van der Waals surface area (Å²) in [6.45, 7) is 6.80. The van der Waals surface area contributed by atoms with E-state index in [1.54, 1.807) is 12.0 Å². The molecule has 36 heavy (non-hydrogen) atoms. The Kier molecular flexibility index (Phi) is 7.35. The Morgan fingerprint density at radius 3 is 2.28 bits per heavy atom. The molecule has 1 fully saturated rings. The fourth-order valence-corrected chi connectivity index (χ4v) is 4.81. The molecule has 0 aromatic heterocycles. The number of nitrogens with zero attached hydrogens (tertiary/aromatic N) is 4. The summed E-state index contributed by atoms with van der Waals surface area (Å²) in [6.07, 6.45) is 0.282. The predicted octanol–water partition coefficient (Wildman–Crippen LogP) is 2.96. The molecule has 2 aromatic carbocycles. The number of imide groups is 1. The van der Waals surface area contributed by atoms with E-state index in [1.807, 2.05) is 38.1 Å². The zero-order valence-corrected chi connectivity index (χ0v) is 20.7. The molecule has 1 atom stereocenters. The highest BCUT2D eigenvalue weighted by Crippen LogP contribution is 2.33. The van der Waals surface area contributed by atoms with Crippen molar-refractivity contribution < 1.29 is 24.0 Å². The van der Waals surface area contributed by atoms with Crippen molar-refractivity contribution in [2.75, 3.05) is 33.3 Å². The number of hydrogen-bond acceptors (Lipinski definition) is 7. The van der Waals surface area contributed by atoms with Crippen LogP contribution in [0.15, 0.2) is 42.5 Å². The molecule has 0 saturated carbocycles. The molecular formula is C26H30N4O6. The number of amides is 3. The van der Waals surface area contributed by atoms with E-state index >= 15 is 0 Å². The number of nitro benzene ring substituents is 1. The number of piperazine rings is 1. The lowest BCUT2D eigenvalue weighted by Gasteiger charge is -2.38. The highest BCUT2D eigenvalue weighted by Gasteiger charge is 2.47. The lowest BCUT2D eigenvalue weighted by molar-refractivity contribution is -0.385. The van der Waals surface area contributed by atoms with Gasteiger partial charge >= 0.3 is 0 Å². The Morgan fingerprint density at radius 2 is 1.69 bits per heavy atom. The van der Waals surface area contributed by atoms with Gasteiger partial charge in [0.15, 0.2) is 0 Å². The molecular weight excluding hydrogens is 464 g/mol. The molecule has 3 amide bonds. The highest BCUT2D eigenvalue weighted by molar-refractivity contribution is 6.24. The van der Waals surface area contributed by atoms with Gasteiger partial charge in [-0.15, -0.1) is 0 Å². The highest BCUT2D eigenvalue weighted by atomic mass is 16.6. The number of hydrogen-bond donors (Lipinski definition) is 0. The Hall–Kier alpha value is -3.79. The molecule has 10 heteroatoms. The third kappa shape index (κ3) is 4.94. The summed E-state index contributed by atoms with van der Waals surface area (Å²) in [5.74, 6) is -0.918. The summed E-state index contributed by atoms with van der Waals surface area (Å²) in [5, 5.41) is 11.5. The van der Waals surface area contributed by atoms with Crippen molar-refractivity contribution in [1.82, 2.24) is 14.7 Å². The van der Waals surface area contributed by atoms with Crippen molar-refractivity contribution in [2.24, 2.45) is 5.92 Å². The van der Waals surface area contributed by atoms with Crippen LogP contribution in [0.5, 0.6) is 5.75 Å². The predicted molar refractivity (Wildman–Crippen MR) is 132 cm³/mol. The van der Waals surface area contributed by atoms with Gasteiger partial charge in [-0.1, -0.05) is 32.0 Å². The van der Waals surface area contributed by atoms with Crippen molar-refractivity contribution in [3.8, 4) is 5.75 Å². The van der Waals surface area contributed by atoms with Gasteiger partial charge in [0.05, 0.1) is 17.6 Å². The zero-order valence-electron chi connectivity index (χ0n) is 20.7. The number of carbonyl (C=O) groups excluding carboxylic acids is 3. The first-order valence-corrected chi connectivity index (χ1v) is 12.0. The summed E-state index contributed by atoms with van der Waals surface area (Å²) in [7, 11) is 1.63. The standard InChI is InChI=1S/C26H30N4O6/c1-17(2)15-22(29-24(31)20-5-4-6-21(30(34)35)23(20)26(29)33)25(32)28-13-11-27(12-14-28)16-18-7-9-19(36-3)10-8-18/h4-10,17,22H,11-16H2,1-3H3. The summed E-state index contributed by atoms with van der Waals surface area (Å²) in [5.41, 5.74) is 0.454. The van der Waals surface area contributed by atoms with Crippen LogP contribution >= 0.6 is 0 Å². The molecule has 10 nitrogen and oxygen atoms in total. The van der Waals surface area contributed by atoms with Crippen molar-refractivity contribution >= 4 is 23.4 Å². The molecule has 190 valence electrons. The van der Waals surface area contributed by atoms with Crippen LogP contribution in [0, 0.1) is 16.0 Å². The average molecular weight is 495 g/mol. The lowest BCUT2D eigenvalue weighted by Crippen LogP contribution is -2.56. The second kappa shape index (κ2) is 10.4. The minimum atomic E-state index is -1.01. The fourth-order valence-electron chi connectivity index (χ4n) is 4.81. The topological polar surface area (TPSA) is 113 Å². The van der Waals surface area contributed by atoms with Crippen LogP contribution in [0.4, 0.5) is 5.69 Å². The molecule has 4 rings (SSSR count). The van der Waals surface area contributed by atoms with Crippen LogP contribution in [-0.4, -0.2) is 76.7 Å². The van der Waals surface area contributed by atoms with E-state index in [-0.39, 0.29) is 29.4 Å². The van der Waals surface area contributed by atoms with Crippen LogP contribution in [0.3, 0.4) is 0 Å². The van der Waals surface area contributed by atoms with E-state index in [9.17, 15) is 24.5 Å². The van der Waals surface area contributed by atoms with Gasteiger partial charge in [0.25, 0.3) is 17.5 Å². The Morgan fingerprint density at radius 1 is 1.03 bits per heavy atom. The van der Waals surface area contributed by atoms with Gasteiger partial charge in [-0.3, -0.25) is 34.3 Å². The van der Waals surface area contributed by atoms with Crippen molar-refractivity contribution in [1.29, 1.82) is 0 Å². The number of carbonyl (C=O) groups is 3. The number of methoxy groups -OCH3 is 1. The molecule has 2 heterocycles. The number of fused-ring (bicyclic) bond motifs is 1. The molecule has 1 unspecified atom stereocenters. The Bertz CT molecular complexity index is 1170. The second-order valence-electron chi connectivity index (χ2n) is 9.53. The van der Waals surface area contributed by atoms with E-state index < -0.39 is 28.5 Å². The largest absolute Gasteiger partial charge is 0.497 e. The average Bonchev–Trinajstić information content (AvgIpc) is 3.12. The zero-order chi connectivity index (χ0) is 26.0. The third-order valence-electron chi connectivity index (χ3n) is 6.66. The third-order valence-corrected chi connectivity index (χ3v) is 6.66. The Labute approximate surface area is 209 Å². The Balaban J connectivity index is 1.48. The first-order chi connectivity index (χ1) is 17.2. The first kappa shape index (κ1) is 25.3. The minimum Gasteiger partial charge on any atom is -0.497 e. The molecule has 1 saturated heterocycles. The second-order valence-corrected chi connectivity index (χ2v) is 9.53. The van der Waals surface area contributed by atoms with Crippen LogP contribution < -0.4 is 4.74 Å². The van der Waals surface area contributed by atoms with Gasteiger partial charge < -0.3 is 9.64 Å². The smallest absolute Gasteiger partial charge is 0.282 e. The molecule has 2 aliphatic heterocycles. The van der Waals surface area contributed by atoms with E-state index in [1.165, 1.54) is 18.2 Å². The molecule has 2 aromatic rings. The minimum absolute atomic E-state index is 0.0228. The maximum atomic E-state index is 13.6. The summed E-state index contributed by atoms with van der Waals surface area (Å²) in [4.78, 5) is 55.8. The van der Waals surface area contributed by atoms with Crippen molar-refractivity contribution in [3.05, 3.63) is 69.3 Å². The summed E-state index contributed by atoms with van der Waals surface area (Å²) < 4.78 is 5.20. The first-order valence-electron chi connectivity index (χ1n) is 12.0. The SMILES string of the molecule is COc1ccc(CN2CCN(C(=O)C(CC(C)C)N3C(=O)c4cccc([N+](=O)[O-])c4C3=O)CC2)cc1. The maximum Gasteiger partial charge on any atom is 0.282 e.